The van der Waals surface area contributed by atoms with Gasteiger partial charge in [0.25, 0.3) is 21.8 Å². The van der Waals surface area contributed by atoms with Gasteiger partial charge in [-0.2, -0.15) is 0 Å². The van der Waals surface area contributed by atoms with Gasteiger partial charge in [0.1, 0.15) is 24.4 Å². The van der Waals surface area contributed by atoms with Crippen LogP contribution in [0.5, 0.6) is 0 Å². The number of urea groups is 1. The molecule has 1 atom stereocenters. The topological polar surface area (TPSA) is 159 Å². The Morgan fingerprint density at radius 1 is 0.880 bits per heavy atom. The van der Waals surface area contributed by atoms with E-state index in [0.717, 1.165) is 22.3 Å². The number of anilines is 1. The lowest BCUT2D eigenvalue weighted by atomic mass is 9.77. The Bertz CT molecular complexity index is 2040. The maximum atomic E-state index is 13.4. The molecule has 0 radical (unpaired) electrons. The van der Waals surface area contributed by atoms with Crippen LogP contribution in [0.1, 0.15) is 27.9 Å². The maximum Gasteiger partial charge on any atom is 0.338 e. The number of hydrogen-bond donors (Lipinski definition) is 3. The van der Waals surface area contributed by atoms with Crippen LogP contribution in [-0.2, 0) is 30.0 Å². The van der Waals surface area contributed by atoms with Crippen molar-refractivity contribution in [3.8, 4) is 0 Å². The molecule has 2 heterocycles. The van der Waals surface area contributed by atoms with E-state index in [9.17, 15) is 22.8 Å². The van der Waals surface area contributed by atoms with E-state index in [1.54, 1.807) is 24.4 Å². The van der Waals surface area contributed by atoms with Gasteiger partial charge in [-0.05, 0) is 35.7 Å². The van der Waals surface area contributed by atoms with Crippen molar-refractivity contribution in [1.29, 1.82) is 0 Å². The fourth-order valence-corrected chi connectivity index (χ4v) is 7.27. The van der Waals surface area contributed by atoms with Crippen molar-refractivity contribution in [3.05, 3.63) is 149 Å². The van der Waals surface area contributed by atoms with E-state index in [1.165, 1.54) is 30.6 Å². The highest BCUT2D eigenvalue weighted by molar-refractivity contribution is 7.90. The van der Waals surface area contributed by atoms with Crippen LogP contribution in [-0.4, -0.2) is 61.6 Å². The number of benzene rings is 4. The Morgan fingerprint density at radius 3 is 1.92 bits per heavy atom. The second-order valence-electron chi connectivity index (χ2n) is 11.3. The van der Waals surface area contributed by atoms with Gasteiger partial charge in [-0.3, -0.25) is 14.5 Å². The zero-order valence-electron chi connectivity index (χ0n) is 26.9. The summed E-state index contributed by atoms with van der Waals surface area (Å²) in [5, 5.41) is 12.2. The van der Waals surface area contributed by atoms with Crippen molar-refractivity contribution < 1.29 is 27.6 Å². The Balaban J connectivity index is 1.20. The highest BCUT2D eigenvalue weighted by Crippen LogP contribution is 2.40. The molecule has 0 aliphatic carbocycles. The first-order valence-corrected chi connectivity index (χ1v) is 17.8. The Kier molecular flexibility index (Phi) is 9.74. The van der Waals surface area contributed by atoms with Crippen molar-refractivity contribution in [2.45, 2.75) is 23.4 Å². The fraction of sp³-hybridized carbons (Fsp3) is 0.139. The van der Waals surface area contributed by atoms with Gasteiger partial charge in [0, 0.05) is 5.38 Å². The van der Waals surface area contributed by atoms with Gasteiger partial charge >= 0.3 is 6.03 Å². The number of oxime groups is 1. The number of carbonyl (C=O) groups excluding carboxylic acids is 3. The van der Waals surface area contributed by atoms with Gasteiger partial charge in [0.05, 0.1) is 11.4 Å². The molecular weight excluding hydrogens is 677 g/mol. The van der Waals surface area contributed by atoms with E-state index in [-0.39, 0.29) is 22.8 Å². The standard InChI is InChI=1S/C36H32N6O6S2/c1-24-18-20-28(21-19-24)50(46,47)41-35(45)42-22-29(33(42)44)37-32(43)31(40-48-2)30-23-49-34(38-30)39-36(25-12-6-3-7-13-25,26-14-8-4-9-15-26)27-16-10-5-11-17-27/h3-21,23,29H,22H2,1-2H3,(H,37,43)(H,38,39)(H,41,45)/t29-/m0/s1. The highest BCUT2D eigenvalue weighted by Gasteiger charge is 2.44. The molecule has 14 heteroatoms. The number of nitrogens with zero attached hydrogens (tertiary/aromatic N) is 3. The number of aromatic nitrogens is 1. The minimum atomic E-state index is -4.21. The largest absolute Gasteiger partial charge is 0.398 e. The summed E-state index contributed by atoms with van der Waals surface area (Å²) in [7, 11) is -2.94. The molecule has 1 saturated heterocycles. The average Bonchev–Trinajstić information content (AvgIpc) is 3.59. The molecule has 1 aliphatic heterocycles. The van der Waals surface area contributed by atoms with Gasteiger partial charge in [-0.1, -0.05) is 114 Å². The number of carbonyl (C=O) groups is 3. The number of thiazole rings is 1. The Morgan fingerprint density at radius 2 is 1.42 bits per heavy atom. The summed E-state index contributed by atoms with van der Waals surface area (Å²) >= 11 is 1.26. The number of sulfonamides is 1. The van der Waals surface area contributed by atoms with Gasteiger partial charge in [0.2, 0.25) is 0 Å². The van der Waals surface area contributed by atoms with Crippen LogP contribution in [0.4, 0.5) is 9.93 Å². The van der Waals surface area contributed by atoms with E-state index in [0.29, 0.717) is 10.0 Å². The quantitative estimate of drug-likeness (QED) is 0.0776. The Hall–Kier alpha value is -5.86. The molecule has 1 aliphatic rings. The van der Waals surface area contributed by atoms with Crippen LogP contribution in [0.3, 0.4) is 0 Å². The van der Waals surface area contributed by atoms with Crippen LogP contribution in [0.15, 0.2) is 131 Å². The summed E-state index contributed by atoms with van der Waals surface area (Å²) in [6.07, 6.45) is 0. The lowest BCUT2D eigenvalue weighted by molar-refractivity contribution is -0.141. The molecule has 12 nitrogen and oxygen atoms in total. The number of β-lactam (4-membered cyclic amide) rings is 1. The number of likely N-dealkylation sites (tertiary alicyclic amines) is 1. The molecule has 0 bridgehead atoms. The second-order valence-corrected chi connectivity index (χ2v) is 13.9. The summed E-state index contributed by atoms with van der Waals surface area (Å²) in [4.78, 5) is 49.2. The van der Waals surface area contributed by atoms with Crippen LogP contribution < -0.4 is 15.4 Å². The zero-order valence-corrected chi connectivity index (χ0v) is 28.6. The molecule has 1 fully saturated rings. The molecular formula is C36H32N6O6S2. The maximum absolute atomic E-state index is 13.4. The third-order valence-electron chi connectivity index (χ3n) is 8.09. The number of imide groups is 1. The van der Waals surface area contributed by atoms with Crippen LogP contribution in [0, 0.1) is 6.92 Å². The third-order valence-corrected chi connectivity index (χ3v) is 10.2. The predicted octanol–water partition coefficient (Wildman–Crippen LogP) is 4.63. The summed E-state index contributed by atoms with van der Waals surface area (Å²) < 4.78 is 27.2. The van der Waals surface area contributed by atoms with Crippen molar-refractivity contribution in [2.75, 3.05) is 19.0 Å². The second kappa shape index (κ2) is 14.3. The van der Waals surface area contributed by atoms with Crippen molar-refractivity contribution in [1.82, 2.24) is 19.9 Å². The number of aryl methyl sites for hydroxylation is 1. The molecule has 254 valence electrons. The van der Waals surface area contributed by atoms with Gasteiger partial charge < -0.3 is 15.5 Å². The molecule has 0 saturated carbocycles. The first-order valence-electron chi connectivity index (χ1n) is 15.4. The van der Waals surface area contributed by atoms with Crippen molar-refractivity contribution in [3.63, 3.8) is 0 Å². The minimum absolute atomic E-state index is 0.125. The van der Waals surface area contributed by atoms with Crippen molar-refractivity contribution >= 4 is 50.0 Å². The molecule has 6 rings (SSSR count). The average molecular weight is 709 g/mol. The summed E-state index contributed by atoms with van der Waals surface area (Å²) in [6, 6.07) is 33.5. The molecule has 3 N–H and O–H groups in total. The molecule has 0 spiro atoms. The van der Waals surface area contributed by atoms with Crippen molar-refractivity contribution in [2.24, 2.45) is 5.16 Å². The predicted molar refractivity (Wildman–Crippen MR) is 189 cm³/mol. The van der Waals surface area contributed by atoms with E-state index < -0.39 is 39.4 Å². The number of rotatable bonds is 11. The molecule has 5 aromatic rings. The Labute approximate surface area is 292 Å². The normalized spacial score (nSPS) is 14.8. The lowest BCUT2D eigenvalue weighted by Gasteiger charge is -2.36. The molecule has 4 amide bonds. The summed E-state index contributed by atoms with van der Waals surface area (Å²) in [5.41, 5.74) is 2.84. The number of amides is 4. The molecule has 50 heavy (non-hydrogen) atoms. The van der Waals surface area contributed by atoms with E-state index in [4.69, 9.17) is 9.82 Å². The SMILES string of the molecule is CON=C(C(=O)N[C@H]1CN(C(=O)NS(=O)(=O)c2ccc(C)cc2)C1=O)c1csc(NC(c2ccccc2)(c2ccccc2)c2ccccc2)n1. The third kappa shape index (κ3) is 6.84. The van der Waals surface area contributed by atoms with Crippen LogP contribution in [0.2, 0.25) is 0 Å². The first-order chi connectivity index (χ1) is 24.1. The fourth-order valence-electron chi connectivity index (χ4n) is 5.57. The number of hydrogen-bond acceptors (Lipinski definition) is 10. The van der Waals surface area contributed by atoms with Gasteiger partial charge in [-0.15, -0.1) is 11.3 Å². The van der Waals surface area contributed by atoms with Crippen LogP contribution >= 0.6 is 11.3 Å². The van der Waals surface area contributed by atoms with E-state index in [1.807, 2.05) is 95.7 Å². The minimum Gasteiger partial charge on any atom is -0.398 e. The number of nitrogens with one attached hydrogen (secondary N) is 3. The highest BCUT2D eigenvalue weighted by atomic mass is 32.2. The molecule has 1 aromatic heterocycles. The molecule has 4 aromatic carbocycles. The monoisotopic (exact) mass is 708 g/mol. The molecule has 0 unspecified atom stereocenters. The van der Waals surface area contributed by atoms with E-state index >= 15 is 0 Å². The zero-order chi connectivity index (χ0) is 35.3. The van der Waals surface area contributed by atoms with E-state index in [2.05, 4.69) is 15.8 Å². The lowest BCUT2D eigenvalue weighted by Crippen LogP contribution is -2.67. The smallest absolute Gasteiger partial charge is 0.338 e. The van der Waals surface area contributed by atoms with Gasteiger partial charge in [0.15, 0.2) is 10.8 Å². The van der Waals surface area contributed by atoms with Gasteiger partial charge in [-0.25, -0.2) is 22.9 Å². The van der Waals surface area contributed by atoms with Crippen LogP contribution in [0.25, 0.3) is 0 Å². The summed E-state index contributed by atoms with van der Waals surface area (Å²) in [6.45, 7) is 1.54. The first kappa shape index (κ1) is 34.0. The summed E-state index contributed by atoms with van der Waals surface area (Å²) in [5.74, 6) is -1.56.